The van der Waals surface area contributed by atoms with Crippen LogP contribution in [0.4, 0.5) is 0 Å². The van der Waals surface area contributed by atoms with E-state index in [1.165, 1.54) is 0 Å². The Labute approximate surface area is 104 Å². The molecule has 100 valence electrons. The van der Waals surface area contributed by atoms with Crippen molar-refractivity contribution in [1.29, 1.82) is 0 Å². The molecular weight excluding hydrogens is 220 g/mol. The number of hydrogen-bond donors (Lipinski definition) is 0. The lowest BCUT2D eigenvalue weighted by Crippen LogP contribution is -2.28. The average molecular weight is 244 g/mol. The monoisotopic (exact) mass is 244 g/mol. The first-order valence-corrected chi connectivity index (χ1v) is 5.98. The molecular formula is C13H24O4. The summed E-state index contributed by atoms with van der Waals surface area (Å²) in [5, 5.41) is 0. The Morgan fingerprint density at radius 1 is 1.12 bits per heavy atom. The third-order valence-corrected chi connectivity index (χ3v) is 2.05. The van der Waals surface area contributed by atoms with Crippen LogP contribution in [0, 0.1) is 5.92 Å². The Bertz CT molecular complexity index is 263. The second kappa shape index (κ2) is 6.74. The van der Waals surface area contributed by atoms with Gasteiger partial charge in [-0.25, -0.2) is 0 Å². The lowest BCUT2D eigenvalue weighted by molar-refractivity contribution is -0.155. The van der Waals surface area contributed by atoms with Gasteiger partial charge in [0.05, 0.1) is 12.2 Å². The molecule has 0 aromatic carbocycles. The average Bonchev–Trinajstić information content (AvgIpc) is 2.13. The van der Waals surface area contributed by atoms with Crippen LogP contribution < -0.4 is 0 Å². The smallest absolute Gasteiger partial charge is 0.313 e. The zero-order valence-electron chi connectivity index (χ0n) is 11.7. The predicted molar refractivity (Wildman–Crippen MR) is 65.7 cm³/mol. The number of carbonyl (C=O) groups is 2. The molecule has 4 heteroatoms. The Morgan fingerprint density at radius 3 is 2.06 bits per heavy atom. The van der Waals surface area contributed by atoms with Gasteiger partial charge in [-0.15, -0.1) is 0 Å². The normalized spacial score (nSPS) is 13.6. The minimum atomic E-state index is -0.478. The van der Waals surface area contributed by atoms with Crippen LogP contribution in [-0.4, -0.2) is 30.1 Å². The van der Waals surface area contributed by atoms with Crippen LogP contribution in [0.3, 0.4) is 0 Å². The number of Topliss-reactive ketones (excluding diaryl/α,β-unsaturated/α-hetero) is 1. The van der Waals surface area contributed by atoms with Gasteiger partial charge in [-0.1, -0.05) is 13.8 Å². The van der Waals surface area contributed by atoms with Gasteiger partial charge in [-0.2, -0.15) is 0 Å². The fourth-order valence-electron chi connectivity index (χ4n) is 1.01. The molecule has 0 aromatic rings. The SMILES string of the molecule is CC(COC(C)(C)C)OC(=O)CC(=O)C(C)C. The Kier molecular flexibility index (Phi) is 6.39. The molecule has 1 unspecified atom stereocenters. The fraction of sp³-hybridized carbons (Fsp3) is 0.846. The highest BCUT2D eigenvalue weighted by Gasteiger charge is 2.18. The van der Waals surface area contributed by atoms with Gasteiger partial charge in [0.2, 0.25) is 0 Å². The van der Waals surface area contributed by atoms with E-state index in [1.54, 1.807) is 20.8 Å². The van der Waals surface area contributed by atoms with Gasteiger partial charge in [0.15, 0.2) is 0 Å². The minimum Gasteiger partial charge on any atom is -0.460 e. The fourth-order valence-corrected chi connectivity index (χ4v) is 1.01. The minimum absolute atomic E-state index is 0.0982. The molecule has 0 aromatic heterocycles. The summed E-state index contributed by atoms with van der Waals surface area (Å²) >= 11 is 0. The number of ether oxygens (including phenoxy) is 2. The van der Waals surface area contributed by atoms with Crippen molar-refractivity contribution in [1.82, 2.24) is 0 Å². The highest BCUT2D eigenvalue weighted by Crippen LogP contribution is 2.09. The molecule has 17 heavy (non-hydrogen) atoms. The summed E-state index contributed by atoms with van der Waals surface area (Å²) < 4.78 is 10.6. The summed E-state index contributed by atoms with van der Waals surface area (Å²) in [6.45, 7) is 11.4. The van der Waals surface area contributed by atoms with E-state index in [4.69, 9.17) is 9.47 Å². The maximum Gasteiger partial charge on any atom is 0.313 e. The van der Waals surface area contributed by atoms with Gasteiger partial charge < -0.3 is 9.47 Å². The van der Waals surface area contributed by atoms with E-state index in [0.717, 1.165) is 0 Å². The standard InChI is InChI=1S/C13H24O4/c1-9(2)11(14)7-12(15)17-10(3)8-16-13(4,5)6/h9-10H,7-8H2,1-6H3. The molecule has 0 amide bonds. The van der Waals surface area contributed by atoms with Gasteiger partial charge in [0.1, 0.15) is 18.3 Å². The molecule has 1 atom stereocenters. The lowest BCUT2D eigenvalue weighted by Gasteiger charge is -2.22. The van der Waals surface area contributed by atoms with Crippen LogP contribution >= 0.6 is 0 Å². The molecule has 0 aliphatic heterocycles. The molecule has 4 nitrogen and oxygen atoms in total. The first-order valence-electron chi connectivity index (χ1n) is 5.98. The highest BCUT2D eigenvalue weighted by molar-refractivity contribution is 5.96. The van der Waals surface area contributed by atoms with E-state index in [-0.39, 0.29) is 29.8 Å². The Morgan fingerprint density at radius 2 is 1.65 bits per heavy atom. The van der Waals surface area contributed by atoms with Crippen LogP contribution in [0.15, 0.2) is 0 Å². The second-order valence-corrected chi connectivity index (χ2v) is 5.52. The van der Waals surface area contributed by atoms with Gasteiger partial charge in [0.25, 0.3) is 0 Å². The van der Waals surface area contributed by atoms with E-state index in [9.17, 15) is 9.59 Å². The summed E-state index contributed by atoms with van der Waals surface area (Å²) in [7, 11) is 0. The quantitative estimate of drug-likeness (QED) is 0.531. The van der Waals surface area contributed by atoms with Gasteiger partial charge >= 0.3 is 5.97 Å². The van der Waals surface area contributed by atoms with Crippen LogP contribution in [0.5, 0.6) is 0 Å². The van der Waals surface area contributed by atoms with Crippen molar-refractivity contribution < 1.29 is 19.1 Å². The van der Waals surface area contributed by atoms with Crippen molar-refractivity contribution in [3.63, 3.8) is 0 Å². The molecule has 0 bridgehead atoms. The number of rotatable bonds is 6. The largest absolute Gasteiger partial charge is 0.460 e. The zero-order chi connectivity index (χ0) is 13.6. The summed E-state index contributed by atoms with van der Waals surface area (Å²) in [4.78, 5) is 22.7. The van der Waals surface area contributed by atoms with Gasteiger partial charge in [-0.05, 0) is 27.7 Å². The third kappa shape index (κ3) is 8.86. The van der Waals surface area contributed by atoms with Crippen molar-refractivity contribution in [3.05, 3.63) is 0 Å². The van der Waals surface area contributed by atoms with Crippen molar-refractivity contribution in [2.24, 2.45) is 5.92 Å². The second-order valence-electron chi connectivity index (χ2n) is 5.52. The summed E-state index contributed by atoms with van der Waals surface area (Å²) in [6, 6.07) is 0. The number of carbonyl (C=O) groups excluding carboxylic acids is 2. The van der Waals surface area contributed by atoms with E-state index < -0.39 is 5.97 Å². The van der Waals surface area contributed by atoms with Crippen LogP contribution in [-0.2, 0) is 19.1 Å². The lowest BCUT2D eigenvalue weighted by atomic mass is 10.1. The topological polar surface area (TPSA) is 52.6 Å². The Balaban J connectivity index is 3.92. The van der Waals surface area contributed by atoms with Crippen molar-refractivity contribution in [2.75, 3.05) is 6.61 Å². The maximum absolute atomic E-state index is 11.4. The van der Waals surface area contributed by atoms with E-state index in [1.807, 2.05) is 20.8 Å². The summed E-state index contributed by atoms with van der Waals surface area (Å²) in [5.41, 5.74) is -0.256. The molecule has 0 saturated carbocycles. The number of esters is 1. The molecule has 0 fully saturated rings. The molecule has 0 saturated heterocycles. The van der Waals surface area contributed by atoms with Crippen molar-refractivity contribution in [2.45, 2.75) is 59.7 Å². The van der Waals surface area contributed by atoms with Gasteiger partial charge in [0, 0.05) is 5.92 Å². The van der Waals surface area contributed by atoms with Crippen LogP contribution in [0.25, 0.3) is 0 Å². The molecule has 0 rings (SSSR count). The predicted octanol–water partition coefficient (Wildman–Crippen LogP) is 2.35. The molecule has 0 spiro atoms. The zero-order valence-corrected chi connectivity index (χ0v) is 11.7. The Hall–Kier alpha value is -0.900. The molecule has 0 N–H and O–H groups in total. The van der Waals surface area contributed by atoms with E-state index in [0.29, 0.717) is 6.61 Å². The first kappa shape index (κ1) is 16.1. The van der Waals surface area contributed by atoms with Crippen LogP contribution in [0.1, 0.15) is 48.0 Å². The maximum atomic E-state index is 11.4. The van der Waals surface area contributed by atoms with E-state index >= 15 is 0 Å². The summed E-state index contributed by atoms with van der Waals surface area (Å²) in [6.07, 6.45) is -0.487. The molecule has 0 heterocycles. The van der Waals surface area contributed by atoms with Gasteiger partial charge in [-0.3, -0.25) is 9.59 Å². The van der Waals surface area contributed by atoms with Crippen molar-refractivity contribution in [3.8, 4) is 0 Å². The van der Waals surface area contributed by atoms with Crippen LogP contribution in [0.2, 0.25) is 0 Å². The first-order chi connectivity index (χ1) is 7.61. The summed E-state index contributed by atoms with van der Waals surface area (Å²) in [5.74, 6) is -0.712. The highest BCUT2D eigenvalue weighted by atomic mass is 16.6. The molecule has 0 aliphatic rings. The van der Waals surface area contributed by atoms with Crippen molar-refractivity contribution >= 4 is 11.8 Å². The number of ketones is 1. The third-order valence-electron chi connectivity index (χ3n) is 2.05. The van der Waals surface area contributed by atoms with E-state index in [2.05, 4.69) is 0 Å². The molecule has 0 aliphatic carbocycles. The number of hydrogen-bond acceptors (Lipinski definition) is 4. The molecule has 0 radical (unpaired) electrons.